The zero-order chi connectivity index (χ0) is 10.9. The molecule has 2 aliphatic carbocycles. The zero-order valence-electron chi connectivity index (χ0n) is 9.41. The van der Waals surface area contributed by atoms with E-state index in [0.29, 0.717) is 11.3 Å². The lowest BCUT2D eigenvalue weighted by atomic mass is 9.97. The summed E-state index contributed by atoms with van der Waals surface area (Å²) < 4.78 is 4.95. The van der Waals surface area contributed by atoms with E-state index in [1.165, 1.54) is 20.0 Å². The van der Waals surface area contributed by atoms with E-state index in [1.807, 2.05) is 11.8 Å². The lowest BCUT2D eigenvalue weighted by Gasteiger charge is -2.27. The van der Waals surface area contributed by atoms with Gasteiger partial charge in [0.1, 0.15) is 5.54 Å². The number of thioether (sulfide) groups is 1. The Morgan fingerprint density at radius 1 is 1.47 bits per heavy atom. The van der Waals surface area contributed by atoms with Gasteiger partial charge < -0.3 is 4.74 Å². The van der Waals surface area contributed by atoms with Crippen molar-refractivity contribution < 1.29 is 9.53 Å². The standard InChI is InChI=1S/C11H19NO2S/c1-14-10(13)11(12-8-3-4-8)6-5-9(7-11)15-2/h8-9,12H,3-7H2,1-2H3. The van der Waals surface area contributed by atoms with Gasteiger partial charge in [-0.05, 0) is 38.4 Å². The van der Waals surface area contributed by atoms with Crippen LogP contribution >= 0.6 is 11.8 Å². The third-order valence-electron chi connectivity index (χ3n) is 3.44. The Hall–Kier alpha value is -0.220. The summed E-state index contributed by atoms with van der Waals surface area (Å²) in [6.45, 7) is 0. The first kappa shape index (κ1) is 11.3. The molecular weight excluding hydrogens is 210 g/mol. The molecule has 0 radical (unpaired) electrons. The van der Waals surface area contributed by atoms with E-state index < -0.39 is 0 Å². The number of hydrogen-bond acceptors (Lipinski definition) is 4. The van der Waals surface area contributed by atoms with E-state index in [-0.39, 0.29) is 11.5 Å². The summed E-state index contributed by atoms with van der Waals surface area (Å²) in [5, 5.41) is 4.10. The van der Waals surface area contributed by atoms with Crippen LogP contribution in [-0.2, 0) is 9.53 Å². The molecule has 0 amide bonds. The Labute approximate surface area is 95.3 Å². The van der Waals surface area contributed by atoms with Crippen molar-refractivity contribution in [3.63, 3.8) is 0 Å². The van der Waals surface area contributed by atoms with Crippen LogP contribution in [0.5, 0.6) is 0 Å². The summed E-state index contributed by atoms with van der Waals surface area (Å²) >= 11 is 1.86. The number of esters is 1. The maximum absolute atomic E-state index is 11.9. The Bertz CT molecular complexity index is 255. The predicted octanol–water partition coefficient (Wildman–Crippen LogP) is 1.57. The van der Waals surface area contributed by atoms with Crippen LogP contribution < -0.4 is 5.32 Å². The van der Waals surface area contributed by atoms with Crippen LogP contribution in [0, 0.1) is 0 Å². The van der Waals surface area contributed by atoms with Gasteiger partial charge in [-0.15, -0.1) is 0 Å². The fraction of sp³-hybridized carbons (Fsp3) is 0.909. The van der Waals surface area contributed by atoms with Gasteiger partial charge in [0, 0.05) is 11.3 Å². The SMILES string of the molecule is COC(=O)C1(NC2CC2)CCC(SC)C1. The molecule has 3 nitrogen and oxygen atoms in total. The van der Waals surface area contributed by atoms with Gasteiger partial charge in [-0.2, -0.15) is 11.8 Å². The van der Waals surface area contributed by atoms with Crippen molar-refractivity contribution in [2.45, 2.75) is 48.9 Å². The minimum atomic E-state index is -0.371. The van der Waals surface area contributed by atoms with Gasteiger partial charge in [0.15, 0.2) is 0 Å². The van der Waals surface area contributed by atoms with Crippen LogP contribution in [0.25, 0.3) is 0 Å². The molecule has 2 unspecified atom stereocenters. The lowest BCUT2D eigenvalue weighted by molar-refractivity contribution is -0.148. The van der Waals surface area contributed by atoms with Gasteiger partial charge in [-0.1, -0.05) is 0 Å². The van der Waals surface area contributed by atoms with Crippen LogP contribution in [0.4, 0.5) is 0 Å². The van der Waals surface area contributed by atoms with Gasteiger partial charge in [-0.25, -0.2) is 0 Å². The molecule has 86 valence electrons. The van der Waals surface area contributed by atoms with E-state index in [2.05, 4.69) is 11.6 Å². The van der Waals surface area contributed by atoms with Crippen LogP contribution in [0.15, 0.2) is 0 Å². The highest BCUT2D eigenvalue weighted by Gasteiger charge is 2.48. The maximum Gasteiger partial charge on any atom is 0.326 e. The highest BCUT2D eigenvalue weighted by atomic mass is 32.2. The van der Waals surface area contributed by atoms with E-state index >= 15 is 0 Å². The van der Waals surface area contributed by atoms with Crippen LogP contribution in [0.3, 0.4) is 0 Å². The van der Waals surface area contributed by atoms with Crippen molar-refractivity contribution in [1.82, 2.24) is 5.32 Å². The van der Waals surface area contributed by atoms with Crippen molar-refractivity contribution in [2.24, 2.45) is 0 Å². The van der Waals surface area contributed by atoms with Crippen molar-refractivity contribution in [3.05, 3.63) is 0 Å². The first-order valence-corrected chi connectivity index (χ1v) is 6.88. The first-order chi connectivity index (χ1) is 7.20. The smallest absolute Gasteiger partial charge is 0.326 e. The number of methoxy groups -OCH3 is 1. The molecule has 0 aromatic heterocycles. The van der Waals surface area contributed by atoms with Crippen molar-refractivity contribution in [2.75, 3.05) is 13.4 Å². The highest BCUT2D eigenvalue weighted by Crippen LogP contribution is 2.39. The molecule has 2 rings (SSSR count). The molecule has 2 aliphatic rings. The highest BCUT2D eigenvalue weighted by molar-refractivity contribution is 7.99. The average Bonchev–Trinajstić information content (AvgIpc) is 2.95. The molecule has 0 aliphatic heterocycles. The number of ether oxygens (including phenoxy) is 1. The third kappa shape index (κ3) is 2.31. The molecule has 0 spiro atoms. The molecule has 4 heteroatoms. The molecule has 0 aromatic rings. The molecule has 1 N–H and O–H groups in total. The lowest BCUT2D eigenvalue weighted by Crippen LogP contribution is -2.52. The van der Waals surface area contributed by atoms with E-state index in [9.17, 15) is 4.79 Å². The predicted molar refractivity (Wildman–Crippen MR) is 62.1 cm³/mol. The zero-order valence-corrected chi connectivity index (χ0v) is 10.2. The second kappa shape index (κ2) is 4.34. The minimum Gasteiger partial charge on any atom is -0.468 e. The topological polar surface area (TPSA) is 38.3 Å². The van der Waals surface area contributed by atoms with Crippen LogP contribution in [-0.4, -0.2) is 36.2 Å². The number of hydrogen-bond donors (Lipinski definition) is 1. The molecule has 2 saturated carbocycles. The normalized spacial score (nSPS) is 35.5. The second-order valence-corrected chi connectivity index (χ2v) is 5.73. The Morgan fingerprint density at radius 2 is 2.20 bits per heavy atom. The van der Waals surface area contributed by atoms with E-state index in [1.54, 1.807) is 0 Å². The minimum absolute atomic E-state index is 0.0639. The Kier molecular flexibility index (Phi) is 3.26. The molecule has 0 bridgehead atoms. The van der Waals surface area contributed by atoms with Crippen molar-refractivity contribution in [3.8, 4) is 0 Å². The van der Waals surface area contributed by atoms with Gasteiger partial charge in [-0.3, -0.25) is 10.1 Å². The van der Waals surface area contributed by atoms with Crippen molar-refractivity contribution >= 4 is 17.7 Å². The summed E-state index contributed by atoms with van der Waals surface area (Å²) in [6.07, 6.45) is 7.52. The van der Waals surface area contributed by atoms with Crippen LogP contribution in [0.2, 0.25) is 0 Å². The Morgan fingerprint density at radius 3 is 2.67 bits per heavy atom. The largest absolute Gasteiger partial charge is 0.468 e. The van der Waals surface area contributed by atoms with Gasteiger partial charge in [0.25, 0.3) is 0 Å². The first-order valence-electron chi connectivity index (χ1n) is 5.59. The molecular formula is C11H19NO2S. The number of carbonyl (C=O) groups is 1. The number of rotatable bonds is 4. The number of carbonyl (C=O) groups excluding carboxylic acids is 1. The summed E-state index contributed by atoms with van der Waals surface area (Å²) in [5.41, 5.74) is -0.371. The summed E-state index contributed by atoms with van der Waals surface area (Å²) in [5.74, 6) is -0.0639. The van der Waals surface area contributed by atoms with Gasteiger partial charge in [0.2, 0.25) is 0 Å². The number of nitrogens with one attached hydrogen (secondary N) is 1. The molecule has 2 fully saturated rings. The quantitative estimate of drug-likeness (QED) is 0.743. The third-order valence-corrected chi connectivity index (χ3v) is 4.51. The molecule has 0 heterocycles. The fourth-order valence-corrected chi connectivity index (χ4v) is 3.20. The maximum atomic E-state index is 11.9. The van der Waals surface area contributed by atoms with Gasteiger partial charge >= 0.3 is 5.97 Å². The summed E-state index contributed by atoms with van der Waals surface area (Å²) in [4.78, 5) is 11.9. The molecule has 0 saturated heterocycles. The summed E-state index contributed by atoms with van der Waals surface area (Å²) in [7, 11) is 1.49. The molecule has 15 heavy (non-hydrogen) atoms. The monoisotopic (exact) mass is 229 g/mol. The van der Waals surface area contributed by atoms with Crippen LogP contribution in [0.1, 0.15) is 32.1 Å². The summed E-state index contributed by atoms with van der Waals surface area (Å²) in [6, 6.07) is 0.560. The van der Waals surface area contributed by atoms with E-state index in [4.69, 9.17) is 4.74 Å². The second-order valence-electron chi connectivity index (χ2n) is 4.59. The van der Waals surface area contributed by atoms with Gasteiger partial charge in [0.05, 0.1) is 7.11 Å². The molecule has 0 aromatic carbocycles. The molecule has 2 atom stereocenters. The fourth-order valence-electron chi connectivity index (χ4n) is 2.39. The average molecular weight is 229 g/mol. The van der Waals surface area contributed by atoms with E-state index in [0.717, 1.165) is 19.3 Å². The Balaban J connectivity index is 2.05. The van der Waals surface area contributed by atoms with Crippen molar-refractivity contribution in [1.29, 1.82) is 0 Å².